The van der Waals surface area contributed by atoms with E-state index in [-0.39, 0.29) is 11.5 Å². The highest BCUT2D eigenvalue weighted by molar-refractivity contribution is 9.10. The number of amides is 1. The van der Waals surface area contributed by atoms with E-state index in [1.54, 1.807) is 48.5 Å². The molecule has 2 heterocycles. The third-order valence-electron chi connectivity index (χ3n) is 5.43. The largest absolute Gasteiger partial charge is 0.478 e. The first-order chi connectivity index (χ1) is 14.9. The van der Waals surface area contributed by atoms with Crippen molar-refractivity contribution in [3.8, 4) is 0 Å². The number of likely N-dealkylation sites (N-methyl/N-ethyl adjacent to an activating group) is 1. The third-order valence-corrected chi connectivity index (χ3v) is 5.96. The van der Waals surface area contributed by atoms with Gasteiger partial charge in [-0.3, -0.25) is 4.79 Å². The van der Waals surface area contributed by atoms with Gasteiger partial charge in [0.05, 0.1) is 11.1 Å². The third kappa shape index (κ3) is 4.86. The summed E-state index contributed by atoms with van der Waals surface area (Å²) in [5, 5.41) is 13.2. The number of nitrogens with one attached hydrogen (secondary N) is 1. The smallest absolute Gasteiger partial charge is 0.336 e. The van der Waals surface area contributed by atoms with Gasteiger partial charge in [0.15, 0.2) is 0 Å². The Morgan fingerprint density at radius 3 is 2.55 bits per heavy atom. The maximum atomic E-state index is 12.5. The lowest BCUT2D eigenvalue weighted by atomic mass is 10.1. The second-order valence-corrected chi connectivity index (χ2v) is 8.59. The summed E-state index contributed by atoms with van der Waals surface area (Å²) in [6.45, 7) is 3.55. The number of aromatic nitrogens is 1. The second kappa shape index (κ2) is 9.03. The number of halogens is 1. The quantitative estimate of drug-likeness (QED) is 0.582. The van der Waals surface area contributed by atoms with Crippen LogP contribution >= 0.6 is 15.9 Å². The van der Waals surface area contributed by atoms with Crippen LogP contribution in [0.15, 0.2) is 53.0 Å². The Kier molecular flexibility index (Phi) is 6.20. The zero-order valence-electron chi connectivity index (χ0n) is 17.1. The van der Waals surface area contributed by atoms with Gasteiger partial charge in [-0.15, -0.1) is 0 Å². The standard InChI is InChI=1S/C23H23BrN4O3/c1-27-9-2-10-28(12-11-27)21-14-19(23(30)31)18-13-17(7-8-20(18)26-21)25-22(29)15-3-5-16(24)6-4-15/h3-8,13-14H,2,9-12H2,1H3,(H,25,29)(H,30,31). The van der Waals surface area contributed by atoms with Crippen LogP contribution in [0.25, 0.3) is 10.9 Å². The van der Waals surface area contributed by atoms with Gasteiger partial charge in [-0.25, -0.2) is 9.78 Å². The number of carbonyl (C=O) groups excluding carboxylic acids is 1. The summed E-state index contributed by atoms with van der Waals surface area (Å²) in [4.78, 5) is 33.7. The van der Waals surface area contributed by atoms with E-state index in [2.05, 4.69) is 38.1 Å². The van der Waals surface area contributed by atoms with E-state index in [0.29, 0.717) is 28.0 Å². The summed E-state index contributed by atoms with van der Waals surface area (Å²) in [6, 6.07) is 13.8. The van der Waals surface area contributed by atoms with E-state index >= 15 is 0 Å². The first-order valence-electron chi connectivity index (χ1n) is 10.1. The van der Waals surface area contributed by atoms with Gasteiger partial charge in [0.2, 0.25) is 0 Å². The van der Waals surface area contributed by atoms with Gasteiger partial charge >= 0.3 is 5.97 Å². The van der Waals surface area contributed by atoms with Crippen molar-refractivity contribution in [2.24, 2.45) is 0 Å². The average Bonchev–Trinajstić information content (AvgIpc) is 2.97. The number of carbonyl (C=O) groups is 2. The Hall–Kier alpha value is -2.97. The maximum absolute atomic E-state index is 12.5. The molecule has 8 heteroatoms. The molecule has 7 nitrogen and oxygen atoms in total. The van der Waals surface area contributed by atoms with Crippen LogP contribution in [0.2, 0.25) is 0 Å². The zero-order valence-corrected chi connectivity index (χ0v) is 18.7. The molecular formula is C23H23BrN4O3. The lowest BCUT2D eigenvalue weighted by Gasteiger charge is -2.22. The molecular weight excluding hydrogens is 460 g/mol. The first-order valence-corrected chi connectivity index (χ1v) is 10.9. The molecule has 1 saturated heterocycles. The van der Waals surface area contributed by atoms with Crippen molar-refractivity contribution in [1.29, 1.82) is 0 Å². The predicted octanol–water partition coefficient (Wildman–Crippen LogP) is 4.09. The lowest BCUT2D eigenvalue weighted by molar-refractivity contribution is 0.0698. The van der Waals surface area contributed by atoms with Gasteiger partial charge in [0.25, 0.3) is 5.91 Å². The van der Waals surface area contributed by atoms with Crippen molar-refractivity contribution >= 4 is 50.2 Å². The van der Waals surface area contributed by atoms with Crippen molar-refractivity contribution in [3.63, 3.8) is 0 Å². The first kappa shape index (κ1) is 21.3. The minimum absolute atomic E-state index is 0.178. The fourth-order valence-electron chi connectivity index (χ4n) is 3.71. The Bertz CT molecular complexity index is 1130. The van der Waals surface area contributed by atoms with Crippen molar-refractivity contribution in [1.82, 2.24) is 9.88 Å². The van der Waals surface area contributed by atoms with Gasteiger partial charge in [0, 0.05) is 40.7 Å². The molecule has 2 N–H and O–H groups in total. The molecule has 1 aliphatic rings. The van der Waals surface area contributed by atoms with Crippen molar-refractivity contribution in [3.05, 3.63) is 64.1 Å². The minimum Gasteiger partial charge on any atom is -0.478 e. The normalized spacial score (nSPS) is 15.0. The topological polar surface area (TPSA) is 85.8 Å². The highest BCUT2D eigenvalue weighted by Gasteiger charge is 2.19. The number of hydrogen-bond donors (Lipinski definition) is 2. The van der Waals surface area contributed by atoms with E-state index in [4.69, 9.17) is 4.98 Å². The van der Waals surface area contributed by atoms with Crippen molar-refractivity contribution < 1.29 is 14.7 Å². The SMILES string of the molecule is CN1CCCN(c2cc(C(=O)O)c3cc(NC(=O)c4ccc(Br)cc4)ccc3n2)CC1. The number of pyridine rings is 1. The monoisotopic (exact) mass is 482 g/mol. The molecule has 0 bridgehead atoms. The highest BCUT2D eigenvalue weighted by Crippen LogP contribution is 2.27. The molecule has 1 aliphatic heterocycles. The Balaban J connectivity index is 1.65. The van der Waals surface area contributed by atoms with Gasteiger partial charge in [-0.2, -0.15) is 0 Å². The summed E-state index contributed by atoms with van der Waals surface area (Å²) in [7, 11) is 2.09. The van der Waals surface area contributed by atoms with E-state index in [1.807, 2.05) is 0 Å². The van der Waals surface area contributed by atoms with Crippen LogP contribution in [0, 0.1) is 0 Å². The van der Waals surface area contributed by atoms with Crippen LogP contribution < -0.4 is 10.2 Å². The van der Waals surface area contributed by atoms with Crippen molar-refractivity contribution in [2.45, 2.75) is 6.42 Å². The molecule has 160 valence electrons. The molecule has 4 rings (SSSR count). The number of carboxylic acids is 1. The average molecular weight is 483 g/mol. The van der Waals surface area contributed by atoms with E-state index in [0.717, 1.165) is 37.1 Å². The van der Waals surface area contributed by atoms with Gasteiger partial charge in [0.1, 0.15) is 5.82 Å². The number of anilines is 2. The molecule has 3 aromatic rings. The molecule has 2 aromatic carbocycles. The van der Waals surface area contributed by atoms with Crippen LogP contribution in [0.3, 0.4) is 0 Å². The van der Waals surface area contributed by atoms with Gasteiger partial charge in [-0.05, 0) is 68.5 Å². The van der Waals surface area contributed by atoms with Crippen LogP contribution in [0.1, 0.15) is 27.1 Å². The molecule has 0 unspecified atom stereocenters. The van der Waals surface area contributed by atoms with Crippen LogP contribution in [-0.2, 0) is 0 Å². The minimum atomic E-state index is -1.02. The lowest BCUT2D eigenvalue weighted by Crippen LogP contribution is -2.29. The molecule has 1 aromatic heterocycles. The molecule has 0 atom stereocenters. The van der Waals surface area contributed by atoms with Crippen LogP contribution in [0.5, 0.6) is 0 Å². The summed E-state index contributed by atoms with van der Waals surface area (Å²) in [5.74, 6) is -0.606. The second-order valence-electron chi connectivity index (χ2n) is 7.67. The Morgan fingerprint density at radius 2 is 1.81 bits per heavy atom. The highest BCUT2D eigenvalue weighted by atomic mass is 79.9. The number of rotatable bonds is 4. The summed E-state index contributed by atoms with van der Waals surface area (Å²) in [5.41, 5.74) is 1.81. The number of fused-ring (bicyclic) bond motifs is 1. The van der Waals surface area contributed by atoms with Crippen LogP contribution in [-0.4, -0.2) is 60.1 Å². The number of hydrogen-bond acceptors (Lipinski definition) is 5. The predicted molar refractivity (Wildman–Crippen MR) is 125 cm³/mol. The molecule has 0 spiro atoms. The van der Waals surface area contributed by atoms with Gasteiger partial charge < -0.3 is 20.2 Å². The fourth-order valence-corrected chi connectivity index (χ4v) is 3.97. The fraction of sp³-hybridized carbons (Fsp3) is 0.261. The van der Waals surface area contributed by atoms with E-state index < -0.39 is 5.97 Å². The zero-order chi connectivity index (χ0) is 22.0. The van der Waals surface area contributed by atoms with E-state index in [1.165, 1.54) is 0 Å². The Labute approximate surface area is 188 Å². The summed E-state index contributed by atoms with van der Waals surface area (Å²) < 4.78 is 0.888. The van der Waals surface area contributed by atoms with E-state index in [9.17, 15) is 14.7 Å². The molecule has 0 saturated carbocycles. The summed E-state index contributed by atoms with van der Waals surface area (Å²) in [6.07, 6.45) is 1.000. The molecule has 0 aliphatic carbocycles. The van der Waals surface area contributed by atoms with Crippen LogP contribution in [0.4, 0.5) is 11.5 Å². The molecule has 1 fully saturated rings. The number of aromatic carboxylic acids is 1. The maximum Gasteiger partial charge on any atom is 0.336 e. The molecule has 31 heavy (non-hydrogen) atoms. The number of benzene rings is 2. The summed E-state index contributed by atoms with van der Waals surface area (Å²) >= 11 is 3.35. The van der Waals surface area contributed by atoms with Crippen molar-refractivity contribution in [2.75, 3.05) is 43.4 Å². The number of nitrogens with zero attached hydrogens (tertiary/aromatic N) is 3. The Morgan fingerprint density at radius 1 is 1.03 bits per heavy atom. The number of carboxylic acid groups (broad SMARTS) is 1. The van der Waals surface area contributed by atoms with Gasteiger partial charge in [-0.1, -0.05) is 15.9 Å². The molecule has 1 amide bonds. The molecule has 0 radical (unpaired) electrons.